The van der Waals surface area contributed by atoms with Gasteiger partial charge in [0.1, 0.15) is 0 Å². The molecule has 0 bridgehead atoms. The van der Waals surface area contributed by atoms with E-state index in [2.05, 4.69) is 19.2 Å². The van der Waals surface area contributed by atoms with Gasteiger partial charge < -0.3 is 19.9 Å². The Morgan fingerprint density at radius 2 is 1.93 bits per heavy atom. The molecule has 1 N–H and O–H groups in total. The van der Waals surface area contributed by atoms with Gasteiger partial charge in [0, 0.05) is 57.5 Å². The molecule has 0 spiro atoms. The van der Waals surface area contributed by atoms with E-state index < -0.39 is 0 Å². The van der Waals surface area contributed by atoms with Crippen LogP contribution in [0.1, 0.15) is 58.4 Å². The topological polar surface area (TPSA) is 61.9 Å². The second-order valence-corrected chi connectivity index (χ2v) is 8.01. The fourth-order valence-electron chi connectivity index (χ4n) is 3.84. The minimum atomic E-state index is -0.0159. The summed E-state index contributed by atoms with van der Waals surface area (Å²) in [6, 6.07) is 5.91. The van der Waals surface area contributed by atoms with Gasteiger partial charge in [-0.3, -0.25) is 9.59 Å². The third kappa shape index (κ3) is 6.46. The second kappa shape index (κ2) is 11.2. The average Bonchev–Trinajstić information content (AvgIpc) is 3.21. The molecule has 0 aromatic heterocycles. The van der Waals surface area contributed by atoms with Crippen molar-refractivity contribution in [3.63, 3.8) is 0 Å². The molecule has 1 heterocycles. The van der Waals surface area contributed by atoms with Crippen LogP contribution in [0.15, 0.2) is 18.2 Å². The van der Waals surface area contributed by atoms with Gasteiger partial charge in [-0.25, -0.2) is 0 Å². The van der Waals surface area contributed by atoms with E-state index in [0.29, 0.717) is 19.5 Å². The lowest BCUT2D eigenvalue weighted by molar-refractivity contribution is -0.138. The third-order valence-corrected chi connectivity index (χ3v) is 5.62. The number of hydrogen-bond acceptors (Lipinski definition) is 4. The van der Waals surface area contributed by atoms with E-state index in [9.17, 15) is 9.59 Å². The Morgan fingerprint density at radius 3 is 2.48 bits per heavy atom. The van der Waals surface area contributed by atoms with Gasteiger partial charge in [0.15, 0.2) is 0 Å². The monoisotopic (exact) mass is 403 g/mol. The fourth-order valence-corrected chi connectivity index (χ4v) is 3.84. The van der Waals surface area contributed by atoms with Gasteiger partial charge in [-0.1, -0.05) is 20.8 Å². The number of hydrogen-bond donors (Lipinski definition) is 1. The predicted molar refractivity (Wildman–Crippen MR) is 118 cm³/mol. The normalized spacial score (nSPS) is 16.1. The van der Waals surface area contributed by atoms with Crippen molar-refractivity contribution in [2.24, 2.45) is 5.92 Å². The first-order chi connectivity index (χ1) is 13.9. The summed E-state index contributed by atoms with van der Waals surface area (Å²) in [7, 11) is 3.99. The number of anilines is 2. The lowest BCUT2D eigenvalue weighted by Gasteiger charge is -2.30. The van der Waals surface area contributed by atoms with E-state index in [0.717, 1.165) is 49.2 Å². The van der Waals surface area contributed by atoms with Crippen molar-refractivity contribution < 1.29 is 14.3 Å². The number of nitrogens with one attached hydrogen (secondary N) is 1. The Morgan fingerprint density at radius 1 is 1.21 bits per heavy atom. The molecule has 1 saturated heterocycles. The molecule has 1 fully saturated rings. The first-order valence-corrected chi connectivity index (χ1v) is 10.9. The smallest absolute Gasteiger partial charge is 0.226 e. The van der Waals surface area contributed by atoms with Crippen molar-refractivity contribution in [1.82, 2.24) is 4.90 Å². The molecule has 2 amide bonds. The number of rotatable bonds is 10. The molecule has 29 heavy (non-hydrogen) atoms. The van der Waals surface area contributed by atoms with E-state index >= 15 is 0 Å². The van der Waals surface area contributed by atoms with E-state index in [1.54, 1.807) is 0 Å². The highest BCUT2D eigenvalue weighted by Crippen LogP contribution is 2.27. The van der Waals surface area contributed by atoms with E-state index in [4.69, 9.17) is 4.74 Å². The third-order valence-electron chi connectivity index (χ3n) is 5.62. The summed E-state index contributed by atoms with van der Waals surface area (Å²) in [5.41, 5.74) is 2.85. The highest BCUT2D eigenvalue weighted by atomic mass is 16.5. The van der Waals surface area contributed by atoms with E-state index in [1.165, 1.54) is 0 Å². The van der Waals surface area contributed by atoms with Crippen LogP contribution in [-0.4, -0.2) is 50.1 Å². The van der Waals surface area contributed by atoms with E-state index in [1.807, 2.05) is 49.0 Å². The van der Waals surface area contributed by atoms with Gasteiger partial charge >= 0.3 is 0 Å². The first-order valence-electron chi connectivity index (χ1n) is 10.9. The average molecular weight is 404 g/mol. The van der Waals surface area contributed by atoms with Crippen LogP contribution < -0.4 is 10.2 Å². The largest absolute Gasteiger partial charge is 0.377 e. The zero-order chi connectivity index (χ0) is 21.4. The summed E-state index contributed by atoms with van der Waals surface area (Å²) < 4.78 is 5.83. The van der Waals surface area contributed by atoms with Crippen LogP contribution in [0.3, 0.4) is 0 Å². The summed E-state index contributed by atoms with van der Waals surface area (Å²) in [6.07, 6.45) is 4.27. The van der Waals surface area contributed by atoms with Crippen LogP contribution in [0.4, 0.5) is 11.4 Å². The SMILES string of the molecule is CCC(=O)Nc1ccc(N(C)C)c(CN(CC2CCCO2)C(=O)C(CC)CC)c1. The standard InChI is InChI=1S/C23H37N3O3/c1-6-17(7-2)23(28)26(16-20-10-9-13-29-20)15-18-14-19(24-22(27)8-3)11-12-21(18)25(4)5/h11-12,14,17,20H,6-10,13,15-16H2,1-5H3,(H,24,27). The van der Waals surface area contributed by atoms with Crippen LogP contribution in [0.5, 0.6) is 0 Å². The number of carbonyl (C=O) groups excluding carboxylic acids is 2. The van der Waals surface area contributed by atoms with Gasteiger partial charge in [-0.05, 0) is 49.4 Å². The molecule has 0 aliphatic carbocycles. The Hall–Kier alpha value is -2.08. The minimum Gasteiger partial charge on any atom is -0.377 e. The van der Waals surface area contributed by atoms with Crippen molar-refractivity contribution >= 4 is 23.2 Å². The summed E-state index contributed by atoms with van der Waals surface area (Å²) >= 11 is 0. The molecule has 2 rings (SSSR count). The molecule has 1 unspecified atom stereocenters. The maximum atomic E-state index is 13.3. The molecule has 162 valence electrons. The van der Waals surface area contributed by atoms with Crippen LogP contribution in [0.2, 0.25) is 0 Å². The quantitative estimate of drug-likeness (QED) is 0.640. The van der Waals surface area contributed by atoms with Crippen LogP contribution in [-0.2, 0) is 20.9 Å². The van der Waals surface area contributed by atoms with Gasteiger partial charge in [-0.15, -0.1) is 0 Å². The summed E-state index contributed by atoms with van der Waals surface area (Å²) in [5, 5.41) is 2.93. The maximum absolute atomic E-state index is 13.3. The molecular weight excluding hydrogens is 366 g/mol. The van der Waals surface area contributed by atoms with Crippen LogP contribution in [0, 0.1) is 5.92 Å². The molecule has 0 radical (unpaired) electrons. The Bertz CT molecular complexity index is 680. The van der Waals surface area contributed by atoms with Gasteiger partial charge in [0.25, 0.3) is 0 Å². The van der Waals surface area contributed by atoms with E-state index in [-0.39, 0.29) is 23.8 Å². The molecule has 1 aliphatic heterocycles. The molecule has 1 aromatic rings. The lowest BCUT2D eigenvalue weighted by atomic mass is 10.0. The molecule has 1 aliphatic rings. The predicted octanol–water partition coefficient (Wildman–Crippen LogP) is 4.04. The number of ether oxygens (including phenoxy) is 1. The summed E-state index contributed by atoms with van der Waals surface area (Å²) in [4.78, 5) is 29.1. The van der Waals surface area contributed by atoms with Gasteiger partial charge in [0.2, 0.25) is 11.8 Å². The van der Waals surface area contributed by atoms with Crippen molar-refractivity contribution in [2.75, 3.05) is 37.5 Å². The van der Waals surface area contributed by atoms with Crippen molar-refractivity contribution in [1.29, 1.82) is 0 Å². The zero-order valence-electron chi connectivity index (χ0n) is 18.7. The molecule has 0 saturated carbocycles. The van der Waals surface area contributed by atoms with Crippen molar-refractivity contribution in [3.8, 4) is 0 Å². The number of amides is 2. The molecular formula is C23H37N3O3. The highest BCUT2D eigenvalue weighted by Gasteiger charge is 2.27. The number of carbonyl (C=O) groups is 2. The number of benzene rings is 1. The summed E-state index contributed by atoms with van der Waals surface area (Å²) in [6.45, 7) is 7.89. The molecule has 1 atom stereocenters. The maximum Gasteiger partial charge on any atom is 0.226 e. The number of nitrogens with zero attached hydrogens (tertiary/aromatic N) is 2. The molecule has 6 heteroatoms. The lowest BCUT2D eigenvalue weighted by Crippen LogP contribution is -2.40. The Kier molecular flexibility index (Phi) is 8.96. The van der Waals surface area contributed by atoms with Gasteiger partial charge in [0.05, 0.1) is 6.10 Å². The Labute approximate surface area is 175 Å². The summed E-state index contributed by atoms with van der Waals surface area (Å²) in [5.74, 6) is 0.207. The second-order valence-electron chi connectivity index (χ2n) is 8.01. The van der Waals surface area contributed by atoms with Crippen molar-refractivity contribution in [2.45, 2.75) is 65.5 Å². The fraction of sp³-hybridized carbons (Fsp3) is 0.652. The van der Waals surface area contributed by atoms with Crippen molar-refractivity contribution in [3.05, 3.63) is 23.8 Å². The first kappa shape index (κ1) is 23.2. The van der Waals surface area contributed by atoms with Gasteiger partial charge in [-0.2, -0.15) is 0 Å². The Balaban J connectivity index is 2.31. The molecule has 6 nitrogen and oxygen atoms in total. The van der Waals surface area contributed by atoms with Crippen LogP contribution >= 0.6 is 0 Å². The zero-order valence-corrected chi connectivity index (χ0v) is 18.7. The van der Waals surface area contributed by atoms with Crippen LogP contribution in [0.25, 0.3) is 0 Å². The highest BCUT2D eigenvalue weighted by molar-refractivity contribution is 5.91. The molecule has 1 aromatic carbocycles. The minimum absolute atomic E-state index is 0.0159.